The minimum absolute atomic E-state index is 0.157. The van der Waals surface area contributed by atoms with Crippen LogP contribution in [-0.4, -0.2) is 29.5 Å². The highest BCUT2D eigenvalue weighted by Crippen LogP contribution is 2.20. The number of urea groups is 1. The lowest BCUT2D eigenvalue weighted by Crippen LogP contribution is -2.31. The number of aromatic nitrogens is 2. The van der Waals surface area contributed by atoms with E-state index >= 15 is 0 Å². The third kappa shape index (κ3) is 4.45. The average Bonchev–Trinajstić information content (AvgIpc) is 2.68. The van der Waals surface area contributed by atoms with Gasteiger partial charge in [0.15, 0.2) is 0 Å². The number of halogens is 1. The summed E-state index contributed by atoms with van der Waals surface area (Å²) >= 11 is 6.05. The van der Waals surface area contributed by atoms with Gasteiger partial charge in [0.25, 0.3) is 5.56 Å². The van der Waals surface area contributed by atoms with Crippen molar-refractivity contribution in [3.05, 3.63) is 69.6 Å². The Morgan fingerprint density at radius 3 is 2.59 bits per heavy atom. The molecule has 0 saturated carbocycles. The van der Waals surface area contributed by atoms with Gasteiger partial charge in [-0.25, -0.2) is 9.48 Å². The Bertz CT molecular complexity index is 1020. The van der Waals surface area contributed by atoms with Gasteiger partial charge in [0.2, 0.25) is 0 Å². The van der Waals surface area contributed by atoms with Crippen molar-refractivity contribution in [3.63, 3.8) is 0 Å². The van der Waals surface area contributed by atoms with Crippen molar-refractivity contribution in [2.45, 2.75) is 13.1 Å². The summed E-state index contributed by atoms with van der Waals surface area (Å²) < 4.78 is 6.39. The molecular weight excluding hydrogens is 368 g/mol. The summed E-state index contributed by atoms with van der Waals surface area (Å²) in [6.45, 7) is 0.855. The second kappa shape index (κ2) is 8.66. The second-order valence-electron chi connectivity index (χ2n) is 5.80. The fourth-order valence-corrected chi connectivity index (χ4v) is 2.84. The van der Waals surface area contributed by atoms with Crippen molar-refractivity contribution in [3.8, 4) is 0 Å². The van der Waals surface area contributed by atoms with Gasteiger partial charge in [-0.1, -0.05) is 41.9 Å². The van der Waals surface area contributed by atoms with Crippen LogP contribution in [0, 0.1) is 0 Å². The van der Waals surface area contributed by atoms with Crippen LogP contribution in [0.2, 0.25) is 5.02 Å². The van der Waals surface area contributed by atoms with Crippen LogP contribution in [0.3, 0.4) is 0 Å². The Labute approximate surface area is 160 Å². The predicted octanol–water partition coefficient (Wildman–Crippen LogP) is 3.02. The van der Waals surface area contributed by atoms with E-state index in [0.717, 1.165) is 0 Å². The van der Waals surface area contributed by atoms with Gasteiger partial charge in [0.1, 0.15) is 0 Å². The molecule has 2 aromatic carbocycles. The van der Waals surface area contributed by atoms with E-state index < -0.39 is 6.03 Å². The average molecular weight is 387 g/mol. The molecule has 1 heterocycles. The molecule has 0 bridgehead atoms. The van der Waals surface area contributed by atoms with Crippen LogP contribution in [-0.2, 0) is 17.8 Å². The number of hydrogen-bond acceptors (Lipinski definition) is 4. The molecule has 2 N–H and O–H groups in total. The minimum Gasteiger partial charge on any atom is -0.383 e. The topological polar surface area (TPSA) is 85.2 Å². The van der Waals surface area contributed by atoms with E-state index in [2.05, 4.69) is 15.7 Å². The number of fused-ring (bicyclic) bond motifs is 1. The number of methoxy groups -OCH3 is 1. The zero-order valence-corrected chi connectivity index (χ0v) is 15.5. The smallest absolute Gasteiger partial charge is 0.319 e. The Hall–Kier alpha value is -2.90. The van der Waals surface area contributed by atoms with E-state index in [0.29, 0.717) is 40.3 Å². The molecule has 0 spiro atoms. The normalized spacial score (nSPS) is 10.7. The first-order valence-electron chi connectivity index (χ1n) is 8.37. The molecule has 0 atom stereocenters. The summed E-state index contributed by atoms with van der Waals surface area (Å²) in [5.41, 5.74) is 0.919. The van der Waals surface area contributed by atoms with Crippen LogP contribution in [0.5, 0.6) is 0 Å². The maximum atomic E-state index is 12.5. The molecule has 0 unspecified atom stereocenters. The molecule has 7 nitrogen and oxygen atoms in total. The van der Waals surface area contributed by atoms with E-state index in [1.165, 1.54) is 4.68 Å². The van der Waals surface area contributed by atoms with Crippen LogP contribution < -0.4 is 16.2 Å². The highest BCUT2D eigenvalue weighted by atomic mass is 35.5. The van der Waals surface area contributed by atoms with E-state index in [9.17, 15) is 9.59 Å². The number of anilines is 1. The van der Waals surface area contributed by atoms with Gasteiger partial charge in [-0.15, -0.1) is 0 Å². The van der Waals surface area contributed by atoms with Gasteiger partial charge >= 0.3 is 6.03 Å². The van der Waals surface area contributed by atoms with Gasteiger partial charge in [-0.3, -0.25) is 4.79 Å². The summed E-state index contributed by atoms with van der Waals surface area (Å²) in [6, 6.07) is 13.7. The number of amides is 2. The van der Waals surface area contributed by atoms with Crippen LogP contribution in [0.25, 0.3) is 10.8 Å². The van der Waals surface area contributed by atoms with Gasteiger partial charge < -0.3 is 15.4 Å². The van der Waals surface area contributed by atoms with E-state index in [4.69, 9.17) is 16.3 Å². The predicted molar refractivity (Wildman–Crippen MR) is 105 cm³/mol. The first-order valence-corrected chi connectivity index (χ1v) is 8.75. The van der Waals surface area contributed by atoms with Crippen molar-refractivity contribution in [1.29, 1.82) is 0 Å². The number of benzene rings is 2. The number of carbonyl (C=O) groups is 1. The van der Waals surface area contributed by atoms with Crippen molar-refractivity contribution < 1.29 is 9.53 Å². The first kappa shape index (κ1) is 18.9. The summed E-state index contributed by atoms with van der Waals surface area (Å²) in [5.74, 6) is 0. The lowest BCUT2D eigenvalue weighted by atomic mass is 10.1. The second-order valence-corrected chi connectivity index (χ2v) is 6.21. The molecule has 140 valence electrons. The zero-order valence-electron chi connectivity index (χ0n) is 14.7. The quantitative estimate of drug-likeness (QED) is 0.682. The molecule has 0 aliphatic heterocycles. The van der Waals surface area contributed by atoms with Crippen LogP contribution in [0.15, 0.2) is 53.3 Å². The monoisotopic (exact) mass is 386 g/mol. The van der Waals surface area contributed by atoms with Gasteiger partial charge in [0, 0.05) is 12.5 Å². The van der Waals surface area contributed by atoms with E-state index in [-0.39, 0.29) is 12.1 Å². The molecule has 1 aromatic heterocycles. The fraction of sp³-hybridized carbons (Fsp3) is 0.211. The lowest BCUT2D eigenvalue weighted by Gasteiger charge is -2.12. The molecule has 2 amide bonds. The van der Waals surface area contributed by atoms with Gasteiger partial charge in [-0.05, 0) is 18.2 Å². The summed E-state index contributed by atoms with van der Waals surface area (Å²) in [7, 11) is 1.56. The molecule has 0 fully saturated rings. The third-order valence-corrected chi connectivity index (χ3v) is 4.32. The number of nitrogens with zero attached hydrogens (tertiary/aromatic N) is 2. The number of carbonyl (C=O) groups excluding carboxylic acids is 1. The molecule has 0 aliphatic carbocycles. The first-order chi connectivity index (χ1) is 13.1. The Morgan fingerprint density at radius 2 is 1.85 bits per heavy atom. The molecule has 3 aromatic rings. The summed E-state index contributed by atoms with van der Waals surface area (Å²) in [6.07, 6.45) is 0. The zero-order chi connectivity index (χ0) is 19.2. The van der Waals surface area contributed by atoms with E-state index in [1.54, 1.807) is 43.5 Å². The number of nitrogens with one attached hydrogen (secondary N) is 2. The molecular formula is C19H19ClN4O3. The summed E-state index contributed by atoms with van der Waals surface area (Å²) in [4.78, 5) is 24.7. The molecule has 3 rings (SSSR count). The molecule has 0 saturated heterocycles. The third-order valence-electron chi connectivity index (χ3n) is 3.99. The maximum Gasteiger partial charge on any atom is 0.319 e. The molecule has 0 radical (unpaired) electrons. The van der Waals surface area contributed by atoms with Crippen LogP contribution in [0.1, 0.15) is 5.69 Å². The van der Waals surface area contributed by atoms with Crippen LogP contribution in [0.4, 0.5) is 10.5 Å². The molecule has 27 heavy (non-hydrogen) atoms. The number of ether oxygens (including phenoxy) is 1. The minimum atomic E-state index is -0.413. The van der Waals surface area contributed by atoms with Crippen molar-refractivity contribution >= 4 is 34.1 Å². The van der Waals surface area contributed by atoms with Crippen LogP contribution >= 0.6 is 11.6 Å². The fourth-order valence-electron chi connectivity index (χ4n) is 2.66. The Kier molecular flexibility index (Phi) is 6.05. The largest absolute Gasteiger partial charge is 0.383 e. The van der Waals surface area contributed by atoms with Crippen molar-refractivity contribution in [1.82, 2.24) is 15.1 Å². The number of rotatable bonds is 6. The number of para-hydroxylation sites is 1. The lowest BCUT2D eigenvalue weighted by molar-refractivity contribution is 0.181. The Morgan fingerprint density at radius 1 is 1.15 bits per heavy atom. The molecule has 8 heteroatoms. The maximum absolute atomic E-state index is 12.5. The molecule has 0 aliphatic rings. The van der Waals surface area contributed by atoms with E-state index in [1.807, 2.05) is 12.1 Å². The summed E-state index contributed by atoms with van der Waals surface area (Å²) in [5, 5.41) is 11.5. The standard InChI is InChI=1S/C19H19ClN4O3/c1-27-11-10-24-18(25)14-7-3-2-6-13(14)17(23-24)12-21-19(26)22-16-9-5-4-8-15(16)20/h2-9H,10-12H2,1H3,(H2,21,22,26). The van der Waals surface area contributed by atoms with Crippen molar-refractivity contribution in [2.24, 2.45) is 0 Å². The highest BCUT2D eigenvalue weighted by molar-refractivity contribution is 6.33. The van der Waals surface area contributed by atoms with Gasteiger partial charge in [0.05, 0.1) is 41.5 Å². The van der Waals surface area contributed by atoms with Gasteiger partial charge in [-0.2, -0.15) is 5.10 Å². The Balaban J connectivity index is 1.81. The highest BCUT2D eigenvalue weighted by Gasteiger charge is 2.12. The van der Waals surface area contributed by atoms with Crippen molar-refractivity contribution in [2.75, 3.05) is 19.0 Å². The SMILES string of the molecule is COCCn1nc(CNC(=O)Nc2ccccc2Cl)c2ccccc2c1=O. The number of hydrogen-bond donors (Lipinski definition) is 2.